The van der Waals surface area contributed by atoms with Gasteiger partial charge in [0.15, 0.2) is 6.29 Å². The minimum atomic E-state index is -2.52. The summed E-state index contributed by atoms with van der Waals surface area (Å²) in [5.41, 5.74) is 0.748. The largest absolute Gasteiger partial charge is 0.487 e. The lowest BCUT2D eigenvalue weighted by Gasteiger charge is -2.15. The van der Waals surface area contributed by atoms with Gasteiger partial charge in [0.2, 0.25) is 0 Å². The molecule has 1 aliphatic heterocycles. The second kappa shape index (κ2) is 11.3. The van der Waals surface area contributed by atoms with E-state index in [2.05, 4.69) is 9.88 Å². The van der Waals surface area contributed by atoms with Gasteiger partial charge in [-0.15, -0.1) is 0 Å². The van der Waals surface area contributed by atoms with E-state index in [9.17, 15) is 13.6 Å². The van der Waals surface area contributed by atoms with Gasteiger partial charge in [-0.3, -0.25) is 9.78 Å². The Bertz CT molecular complexity index is 728. The molecule has 1 aliphatic rings. The summed E-state index contributed by atoms with van der Waals surface area (Å²) in [6, 6.07) is 8.24. The number of aldehydes is 1. The maximum absolute atomic E-state index is 12.7. The van der Waals surface area contributed by atoms with Crippen LogP contribution >= 0.6 is 0 Å². The number of alkyl halides is 2. The third kappa shape index (κ3) is 6.86. The minimum absolute atomic E-state index is 0.00769. The number of benzene rings is 1. The van der Waals surface area contributed by atoms with E-state index >= 15 is 0 Å². The smallest absolute Gasteiger partial charge is 0.267 e. The number of likely N-dealkylation sites (N-methyl/N-ethyl adjacent to an activating group) is 1. The number of rotatable bonds is 7. The Balaban J connectivity index is 0.000000209. The standard InChI is InChI=1S/C11H14F2N2O.C9H10O3/c1-15-5-3-8(7-15)16-10-6-14-4-2-9(10)11(12)13;10-5-6-12-9-3-1-8(7-11)2-4-9/h2,4,6,8,11H,3,5,7H2,1H3;1-5,11H,6-7H2. The van der Waals surface area contributed by atoms with Crippen LogP contribution in [0.3, 0.4) is 0 Å². The summed E-state index contributed by atoms with van der Waals surface area (Å²) < 4.78 is 35.9. The first-order chi connectivity index (χ1) is 13.5. The summed E-state index contributed by atoms with van der Waals surface area (Å²) in [4.78, 5) is 15.9. The summed E-state index contributed by atoms with van der Waals surface area (Å²) in [5.74, 6) is 0.845. The molecule has 2 heterocycles. The number of aromatic nitrogens is 1. The Morgan fingerprint density at radius 3 is 2.64 bits per heavy atom. The predicted molar refractivity (Wildman–Crippen MR) is 99.6 cm³/mol. The Hall–Kier alpha value is -2.58. The quantitative estimate of drug-likeness (QED) is 0.728. The van der Waals surface area contributed by atoms with Gasteiger partial charge < -0.3 is 19.5 Å². The molecule has 0 amide bonds. The van der Waals surface area contributed by atoms with Crippen molar-refractivity contribution in [2.45, 2.75) is 25.6 Å². The number of carbonyl (C=O) groups excluding carboxylic acids is 1. The van der Waals surface area contributed by atoms with Crippen molar-refractivity contribution in [2.75, 3.05) is 26.7 Å². The van der Waals surface area contributed by atoms with Crippen LogP contribution in [0.1, 0.15) is 24.0 Å². The van der Waals surface area contributed by atoms with Crippen LogP contribution in [0.4, 0.5) is 8.78 Å². The van der Waals surface area contributed by atoms with Crippen molar-refractivity contribution in [3.63, 3.8) is 0 Å². The number of halogens is 2. The number of hydrogen-bond donors (Lipinski definition) is 1. The van der Waals surface area contributed by atoms with Gasteiger partial charge in [0, 0.05) is 19.3 Å². The highest BCUT2D eigenvalue weighted by atomic mass is 19.3. The predicted octanol–water partition coefficient (Wildman–Crippen LogP) is 2.86. The average Bonchev–Trinajstić information content (AvgIpc) is 3.12. The van der Waals surface area contributed by atoms with Crippen LogP contribution in [0.15, 0.2) is 42.7 Å². The maximum atomic E-state index is 12.7. The SMILES string of the molecule is CN1CCC(Oc2cnccc2C(F)F)C1.O=CCOc1ccc(CO)cc1. The van der Waals surface area contributed by atoms with Gasteiger partial charge in [0.1, 0.15) is 24.2 Å². The van der Waals surface area contributed by atoms with E-state index in [1.54, 1.807) is 24.3 Å². The van der Waals surface area contributed by atoms with Gasteiger partial charge in [0.05, 0.1) is 18.4 Å². The summed E-state index contributed by atoms with van der Waals surface area (Å²) >= 11 is 0. The molecule has 1 fully saturated rings. The van der Waals surface area contributed by atoms with E-state index in [0.29, 0.717) is 12.0 Å². The monoisotopic (exact) mass is 394 g/mol. The molecule has 1 atom stereocenters. The maximum Gasteiger partial charge on any atom is 0.267 e. The summed E-state index contributed by atoms with van der Waals surface area (Å²) in [6.07, 6.45) is 1.76. The molecule has 0 spiro atoms. The fraction of sp³-hybridized carbons (Fsp3) is 0.400. The highest BCUT2D eigenvalue weighted by Crippen LogP contribution is 2.29. The molecular formula is C20H24F2N2O4. The molecule has 0 bridgehead atoms. The van der Waals surface area contributed by atoms with Crippen LogP contribution in [-0.4, -0.2) is 54.1 Å². The lowest BCUT2D eigenvalue weighted by atomic mass is 10.2. The molecule has 3 rings (SSSR count). The number of hydrogen-bond acceptors (Lipinski definition) is 6. The Morgan fingerprint density at radius 2 is 2.07 bits per heavy atom. The first kappa shape index (κ1) is 21.7. The summed E-state index contributed by atoms with van der Waals surface area (Å²) in [6.45, 7) is 1.80. The van der Waals surface area contributed by atoms with Gasteiger partial charge in [0.25, 0.3) is 6.43 Å². The molecule has 1 aromatic heterocycles. The topological polar surface area (TPSA) is 71.9 Å². The molecule has 152 valence electrons. The molecule has 2 aromatic rings. The number of carbonyl (C=O) groups is 1. The average molecular weight is 394 g/mol. The highest BCUT2D eigenvalue weighted by molar-refractivity contribution is 5.51. The molecule has 1 N–H and O–H groups in total. The molecule has 6 nitrogen and oxygen atoms in total. The van der Waals surface area contributed by atoms with Gasteiger partial charge in [-0.25, -0.2) is 8.78 Å². The Morgan fingerprint density at radius 1 is 1.32 bits per heavy atom. The van der Waals surface area contributed by atoms with Crippen molar-refractivity contribution in [2.24, 2.45) is 0 Å². The second-order valence-corrected chi connectivity index (χ2v) is 6.28. The molecule has 0 saturated carbocycles. The van der Waals surface area contributed by atoms with Crippen LogP contribution in [-0.2, 0) is 11.4 Å². The first-order valence-electron chi connectivity index (χ1n) is 8.87. The molecule has 28 heavy (non-hydrogen) atoms. The van der Waals surface area contributed by atoms with Crippen molar-refractivity contribution in [3.05, 3.63) is 53.9 Å². The van der Waals surface area contributed by atoms with Gasteiger partial charge in [-0.2, -0.15) is 0 Å². The van der Waals surface area contributed by atoms with Crippen LogP contribution in [0.2, 0.25) is 0 Å². The number of likely N-dealkylation sites (tertiary alicyclic amines) is 1. The number of ether oxygens (including phenoxy) is 2. The van der Waals surface area contributed by atoms with E-state index in [1.165, 1.54) is 18.5 Å². The zero-order chi connectivity index (χ0) is 20.4. The third-order valence-electron chi connectivity index (χ3n) is 4.12. The zero-order valence-corrected chi connectivity index (χ0v) is 15.6. The van der Waals surface area contributed by atoms with Crippen molar-refractivity contribution >= 4 is 6.29 Å². The number of nitrogens with zero attached hydrogens (tertiary/aromatic N) is 2. The normalized spacial score (nSPS) is 16.4. The number of pyridine rings is 1. The lowest BCUT2D eigenvalue weighted by molar-refractivity contribution is -0.109. The Kier molecular flexibility index (Phi) is 8.77. The van der Waals surface area contributed by atoms with Gasteiger partial charge in [-0.05, 0) is 37.2 Å². The third-order valence-corrected chi connectivity index (χ3v) is 4.12. The van der Waals surface area contributed by atoms with Crippen LogP contribution in [0, 0.1) is 0 Å². The van der Waals surface area contributed by atoms with Crippen molar-refractivity contribution in [1.29, 1.82) is 0 Å². The molecule has 0 aliphatic carbocycles. The van der Waals surface area contributed by atoms with Crippen LogP contribution < -0.4 is 9.47 Å². The number of aliphatic hydroxyl groups is 1. The van der Waals surface area contributed by atoms with Crippen molar-refractivity contribution in [1.82, 2.24) is 9.88 Å². The molecule has 1 saturated heterocycles. The van der Waals surface area contributed by atoms with Gasteiger partial charge in [-0.1, -0.05) is 12.1 Å². The van der Waals surface area contributed by atoms with E-state index < -0.39 is 6.43 Å². The summed E-state index contributed by atoms with van der Waals surface area (Å²) in [7, 11) is 1.99. The second-order valence-electron chi connectivity index (χ2n) is 6.28. The molecule has 1 unspecified atom stereocenters. The fourth-order valence-corrected chi connectivity index (χ4v) is 2.66. The molecule has 1 aromatic carbocycles. The van der Waals surface area contributed by atoms with Crippen molar-refractivity contribution in [3.8, 4) is 11.5 Å². The zero-order valence-electron chi connectivity index (χ0n) is 15.6. The molecular weight excluding hydrogens is 370 g/mol. The van der Waals surface area contributed by atoms with E-state index in [1.807, 2.05) is 7.05 Å². The van der Waals surface area contributed by atoms with Crippen LogP contribution in [0.5, 0.6) is 11.5 Å². The minimum Gasteiger partial charge on any atom is -0.487 e. The lowest BCUT2D eigenvalue weighted by Crippen LogP contribution is -2.22. The summed E-state index contributed by atoms with van der Waals surface area (Å²) in [5, 5.41) is 8.71. The van der Waals surface area contributed by atoms with E-state index in [4.69, 9.17) is 14.6 Å². The molecule has 8 heteroatoms. The Labute approximate surface area is 162 Å². The highest BCUT2D eigenvalue weighted by Gasteiger charge is 2.23. The molecule has 0 radical (unpaired) electrons. The first-order valence-corrected chi connectivity index (χ1v) is 8.87. The fourth-order valence-electron chi connectivity index (χ4n) is 2.66. The number of aliphatic hydroxyl groups excluding tert-OH is 1. The van der Waals surface area contributed by atoms with E-state index in [-0.39, 0.29) is 30.6 Å². The van der Waals surface area contributed by atoms with Gasteiger partial charge >= 0.3 is 0 Å². The van der Waals surface area contributed by atoms with E-state index in [0.717, 1.165) is 25.1 Å². The van der Waals surface area contributed by atoms with Crippen molar-refractivity contribution < 1.29 is 28.2 Å². The van der Waals surface area contributed by atoms with Crippen LogP contribution in [0.25, 0.3) is 0 Å².